The zero-order chi connectivity index (χ0) is 12.6. The fourth-order valence-corrected chi connectivity index (χ4v) is 3.05. The molecule has 3 nitrogen and oxygen atoms in total. The molecule has 1 aliphatic rings. The van der Waals surface area contributed by atoms with Gasteiger partial charge in [-0.1, -0.05) is 6.92 Å². The van der Waals surface area contributed by atoms with Gasteiger partial charge in [-0.25, -0.2) is 4.79 Å². The van der Waals surface area contributed by atoms with E-state index >= 15 is 0 Å². The molecular weight excluding hydrogens is 282 g/mol. The molecule has 2 unspecified atom stereocenters. The summed E-state index contributed by atoms with van der Waals surface area (Å²) in [6.45, 7) is 5.50. The second kappa shape index (κ2) is 4.69. The summed E-state index contributed by atoms with van der Waals surface area (Å²) >= 11 is 3.32. The third kappa shape index (κ3) is 2.46. The van der Waals surface area contributed by atoms with Crippen molar-refractivity contribution >= 4 is 27.6 Å². The van der Waals surface area contributed by atoms with E-state index in [1.807, 2.05) is 12.1 Å². The Kier molecular flexibility index (Phi) is 3.43. The Labute approximate surface area is 110 Å². The first-order valence-corrected chi connectivity index (χ1v) is 6.58. The average Bonchev–Trinajstić information content (AvgIpc) is 2.57. The predicted octanol–water partition coefficient (Wildman–Crippen LogP) is 3.38. The van der Waals surface area contributed by atoms with Crippen LogP contribution in [0.4, 0.5) is 5.69 Å². The van der Waals surface area contributed by atoms with Crippen LogP contribution in [0.5, 0.6) is 0 Å². The molecule has 4 heteroatoms. The molecule has 1 heterocycles. The maximum atomic E-state index is 10.9. The molecule has 1 aromatic rings. The number of carboxylic acids is 1. The van der Waals surface area contributed by atoms with E-state index in [9.17, 15) is 4.79 Å². The molecule has 0 amide bonds. The van der Waals surface area contributed by atoms with Gasteiger partial charge in [0.25, 0.3) is 0 Å². The van der Waals surface area contributed by atoms with Crippen LogP contribution in [0.3, 0.4) is 0 Å². The monoisotopic (exact) mass is 297 g/mol. The number of benzene rings is 1. The second-order valence-electron chi connectivity index (χ2n) is 4.81. The molecule has 1 aromatic carbocycles. The molecule has 0 saturated carbocycles. The van der Waals surface area contributed by atoms with Gasteiger partial charge in [0.2, 0.25) is 0 Å². The molecular formula is C13H16BrNO2. The summed E-state index contributed by atoms with van der Waals surface area (Å²) in [5.74, 6) is -0.200. The quantitative estimate of drug-likeness (QED) is 0.910. The van der Waals surface area contributed by atoms with Crippen LogP contribution in [0.2, 0.25) is 0 Å². The molecule has 1 fully saturated rings. The van der Waals surface area contributed by atoms with Gasteiger partial charge in [-0.15, -0.1) is 0 Å². The second-order valence-corrected chi connectivity index (χ2v) is 5.67. The SMILES string of the molecule is CC1CC(C)N(c2ccc(C(=O)O)c(Br)c2)C1. The Morgan fingerprint density at radius 3 is 2.65 bits per heavy atom. The lowest BCUT2D eigenvalue weighted by Crippen LogP contribution is -2.26. The number of aromatic carboxylic acids is 1. The van der Waals surface area contributed by atoms with Crippen molar-refractivity contribution < 1.29 is 9.90 Å². The Balaban J connectivity index is 2.29. The Hall–Kier alpha value is -1.03. The van der Waals surface area contributed by atoms with Crippen molar-refractivity contribution in [2.45, 2.75) is 26.3 Å². The molecule has 1 N–H and O–H groups in total. The normalized spacial score (nSPS) is 24.1. The van der Waals surface area contributed by atoms with Gasteiger partial charge in [0.05, 0.1) is 5.56 Å². The van der Waals surface area contributed by atoms with Crippen molar-refractivity contribution in [3.05, 3.63) is 28.2 Å². The Morgan fingerprint density at radius 2 is 2.18 bits per heavy atom. The summed E-state index contributed by atoms with van der Waals surface area (Å²) in [6.07, 6.45) is 1.19. The van der Waals surface area contributed by atoms with Crippen molar-refractivity contribution in [3.63, 3.8) is 0 Å². The first kappa shape index (κ1) is 12.4. The molecule has 0 bridgehead atoms. The van der Waals surface area contributed by atoms with Crippen LogP contribution in [0.25, 0.3) is 0 Å². The fraction of sp³-hybridized carbons (Fsp3) is 0.462. The molecule has 0 spiro atoms. The number of hydrogen-bond donors (Lipinski definition) is 1. The largest absolute Gasteiger partial charge is 0.478 e. The lowest BCUT2D eigenvalue weighted by atomic mass is 10.1. The first-order chi connectivity index (χ1) is 7.99. The molecule has 1 aliphatic heterocycles. The van der Waals surface area contributed by atoms with Crippen molar-refractivity contribution in [2.75, 3.05) is 11.4 Å². The molecule has 92 valence electrons. The van der Waals surface area contributed by atoms with Crippen molar-refractivity contribution in [3.8, 4) is 0 Å². The smallest absolute Gasteiger partial charge is 0.336 e. The van der Waals surface area contributed by atoms with Crippen LogP contribution >= 0.6 is 15.9 Å². The first-order valence-electron chi connectivity index (χ1n) is 5.78. The third-order valence-corrected chi connectivity index (χ3v) is 3.95. The number of nitrogens with zero attached hydrogens (tertiary/aromatic N) is 1. The van der Waals surface area contributed by atoms with E-state index in [0.29, 0.717) is 22.0 Å². The molecule has 1 saturated heterocycles. The zero-order valence-electron chi connectivity index (χ0n) is 9.98. The minimum absolute atomic E-state index is 0.314. The van der Waals surface area contributed by atoms with Gasteiger partial charge < -0.3 is 10.0 Å². The van der Waals surface area contributed by atoms with Gasteiger partial charge in [0.15, 0.2) is 0 Å². The fourth-order valence-electron chi connectivity index (χ4n) is 2.52. The maximum Gasteiger partial charge on any atom is 0.336 e. The average molecular weight is 298 g/mol. The van der Waals surface area contributed by atoms with Crippen LogP contribution in [-0.4, -0.2) is 23.7 Å². The summed E-state index contributed by atoms with van der Waals surface area (Å²) in [5.41, 5.74) is 1.41. The van der Waals surface area contributed by atoms with Gasteiger partial charge in [-0.05, 0) is 53.4 Å². The Bertz CT molecular complexity index is 447. The molecule has 0 aromatic heterocycles. The number of carbonyl (C=O) groups is 1. The van der Waals surface area contributed by atoms with E-state index in [-0.39, 0.29) is 0 Å². The predicted molar refractivity (Wildman–Crippen MR) is 71.7 cm³/mol. The highest BCUT2D eigenvalue weighted by Crippen LogP contribution is 2.31. The number of carboxylic acid groups (broad SMARTS) is 1. The van der Waals surface area contributed by atoms with Crippen LogP contribution in [0, 0.1) is 5.92 Å². The zero-order valence-corrected chi connectivity index (χ0v) is 11.6. The lowest BCUT2D eigenvalue weighted by molar-refractivity contribution is 0.0696. The van der Waals surface area contributed by atoms with Crippen LogP contribution in [-0.2, 0) is 0 Å². The van der Waals surface area contributed by atoms with Gasteiger partial charge >= 0.3 is 5.97 Å². The third-order valence-electron chi connectivity index (χ3n) is 3.30. The maximum absolute atomic E-state index is 10.9. The highest BCUT2D eigenvalue weighted by molar-refractivity contribution is 9.10. The number of anilines is 1. The minimum atomic E-state index is -0.897. The molecule has 0 aliphatic carbocycles. The topological polar surface area (TPSA) is 40.5 Å². The van der Waals surface area contributed by atoms with Crippen molar-refractivity contribution in [2.24, 2.45) is 5.92 Å². The van der Waals surface area contributed by atoms with Gasteiger partial charge in [-0.2, -0.15) is 0 Å². The summed E-state index contributed by atoms with van der Waals surface area (Å²) in [5, 5.41) is 8.97. The van der Waals surface area contributed by atoms with Crippen LogP contribution < -0.4 is 4.90 Å². The highest BCUT2D eigenvalue weighted by Gasteiger charge is 2.26. The van der Waals surface area contributed by atoms with E-state index < -0.39 is 5.97 Å². The number of hydrogen-bond acceptors (Lipinski definition) is 2. The summed E-state index contributed by atoms with van der Waals surface area (Å²) in [4.78, 5) is 13.3. The van der Waals surface area contributed by atoms with Gasteiger partial charge in [0, 0.05) is 22.7 Å². The lowest BCUT2D eigenvalue weighted by Gasteiger charge is -2.24. The minimum Gasteiger partial charge on any atom is -0.478 e. The molecule has 0 radical (unpaired) electrons. The van der Waals surface area contributed by atoms with E-state index in [1.165, 1.54) is 6.42 Å². The van der Waals surface area contributed by atoms with Crippen LogP contribution in [0.15, 0.2) is 22.7 Å². The van der Waals surface area contributed by atoms with Crippen molar-refractivity contribution in [1.29, 1.82) is 0 Å². The van der Waals surface area contributed by atoms with E-state index in [2.05, 4.69) is 34.7 Å². The van der Waals surface area contributed by atoms with Gasteiger partial charge in [-0.3, -0.25) is 0 Å². The Morgan fingerprint density at radius 1 is 1.47 bits per heavy atom. The number of halogens is 1. The molecule has 17 heavy (non-hydrogen) atoms. The summed E-state index contributed by atoms with van der Waals surface area (Å²) in [7, 11) is 0. The van der Waals surface area contributed by atoms with Gasteiger partial charge in [0.1, 0.15) is 0 Å². The number of rotatable bonds is 2. The standard InChI is InChI=1S/C13H16BrNO2/c1-8-5-9(2)15(7-8)10-3-4-11(13(16)17)12(14)6-10/h3-4,6,8-9H,5,7H2,1-2H3,(H,16,17). The molecule has 2 atom stereocenters. The summed E-state index contributed by atoms with van der Waals surface area (Å²) in [6, 6.07) is 5.98. The molecule has 2 rings (SSSR count). The summed E-state index contributed by atoms with van der Waals surface area (Å²) < 4.78 is 0.647. The van der Waals surface area contributed by atoms with E-state index in [0.717, 1.165) is 12.2 Å². The van der Waals surface area contributed by atoms with E-state index in [4.69, 9.17) is 5.11 Å². The van der Waals surface area contributed by atoms with Crippen molar-refractivity contribution in [1.82, 2.24) is 0 Å². The van der Waals surface area contributed by atoms with E-state index in [1.54, 1.807) is 6.07 Å². The van der Waals surface area contributed by atoms with Crippen LogP contribution in [0.1, 0.15) is 30.6 Å². The highest BCUT2D eigenvalue weighted by atomic mass is 79.9.